The Bertz CT molecular complexity index is 453. The van der Waals surface area contributed by atoms with Gasteiger partial charge in [-0.05, 0) is 0 Å². The summed E-state index contributed by atoms with van der Waals surface area (Å²) in [5.74, 6) is -0.571. The highest BCUT2D eigenvalue weighted by Gasteiger charge is 2.29. The summed E-state index contributed by atoms with van der Waals surface area (Å²) in [6.07, 6.45) is -0.747. The van der Waals surface area contributed by atoms with Gasteiger partial charge in [-0.1, -0.05) is 0 Å². The molecule has 0 radical (unpaired) electrons. The minimum atomic E-state index is -0.790. The molecular formula is C8H10FN3O3S. The zero-order valence-corrected chi connectivity index (χ0v) is 8.98. The molecule has 1 fully saturated rings. The van der Waals surface area contributed by atoms with Crippen LogP contribution in [0, 0.1) is 5.95 Å². The summed E-state index contributed by atoms with van der Waals surface area (Å²) >= 11 is 1.31. The van der Waals surface area contributed by atoms with E-state index >= 15 is 0 Å². The summed E-state index contributed by atoms with van der Waals surface area (Å²) in [5.41, 5.74) is 4.00. The number of rotatable bonds is 2. The summed E-state index contributed by atoms with van der Waals surface area (Å²) in [6, 6.07) is 0.960. The lowest BCUT2D eigenvalue weighted by Gasteiger charge is -2.14. The van der Waals surface area contributed by atoms with Crippen LogP contribution in [0.2, 0.25) is 0 Å². The van der Waals surface area contributed by atoms with E-state index in [1.165, 1.54) is 11.8 Å². The van der Waals surface area contributed by atoms with E-state index in [1.807, 2.05) is 0 Å². The maximum absolute atomic E-state index is 13.5. The number of ether oxygens (including phenoxy) is 1. The highest BCUT2D eigenvalue weighted by Crippen LogP contribution is 2.30. The van der Waals surface area contributed by atoms with Crippen molar-refractivity contribution >= 4 is 17.6 Å². The highest BCUT2D eigenvalue weighted by atomic mass is 32.2. The molecule has 0 amide bonds. The van der Waals surface area contributed by atoms with Gasteiger partial charge < -0.3 is 15.6 Å². The first-order valence-corrected chi connectivity index (χ1v) is 5.59. The lowest BCUT2D eigenvalue weighted by atomic mass is 10.5. The summed E-state index contributed by atoms with van der Waals surface area (Å²) in [5, 5.41) is 8.85. The molecule has 2 heterocycles. The first-order valence-electron chi connectivity index (χ1n) is 4.54. The topological polar surface area (TPSA) is 90.4 Å². The Labute approximate surface area is 94.2 Å². The van der Waals surface area contributed by atoms with Crippen molar-refractivity contribution in [2.24, 2.45) is 0 Å². The Morgan fingerprint density at radius 1 is 1.81 bits per heavy atom. The molecule has 1 aromatic heterocycles. The van der Waals surface area contributed by atoms with Gasteiger partial charge in [-0.15, -0.1) is 11.8 Å². The lowest BCUT2D eigenvalue weighted by Crippen LogP contribution is -2.31. The maximum Gasteiger partial charge on any atom is 0.353 e. The third-order valence-electron chi connectivity index (χ3n) is 2.10. The predicted octanol–water partition coefficient (Wildman–Crippen LogP) is -0.455. The molecule has 88 valence electrons. The SMILES string of the molecule is Nc1cc(F)n([C@@H]2CS[C@H](CO)O2)c(=O)n1. The standard InChI is InChI=1S/C8H10FN3O3S/c9-4-1-5(10)11-8(14)12(4)6-3-16-7(2-13)15-6/h1,6-7,13H,2-3H2,(H2,10,11,14)/t6-,7+/m0/s1. The monoisotopic (exact) mass is 247 g/mol. The molecular weight excluding hydrogens is 237 g/mol. The van der Waals surface area contributed by atoms with Gasteiger partial charge in [0.05, 0.1) is 6.61 Å². The van der Waals surface area contributed by atoms with Gasteiger partial charge in [0.1, 0.15) is 11.3 Å². The third kappa shape index (κ3) is 2.04. The number of aliphatic hydroxyl groups excluding tert-OH is 1. The van der Waals surface area contributed by atoms with Crippen LogP contribution in [0.4, 0.5) is 10.2 Å². The molecule has 1 aromatic rings. The molecule has 1 aliphatic heterocycles. The largest absolute Gasteiger partial charge is 0.393 e. The van der Waals surface area contributed by atoms with Crippen LogP contribution in [0.5, 0.6) is 0 Å². The number of aliphatic hydroxyl groups is 1. The van der Waals surface area contributed by atoms with Crippen LogP contribution in [0.3, 0.4) is 0 Å². The minimum absolute atomic E-state index is 0.164. The zero-order valence-electron chi connectivity index (χ0n) is 8.17. The Kier molecular flexibility index (Phi) is 3.13. The molecule has 1 saturated heterocycles. The van der Waals surface area contributed by atoms with Crippen LogP contribution < -0.4 is 11.4 Å². The average Bonchev–Trinajstić information content (AvgIpc) is 2.64. The summed E-state index contributed by atoms with van der Waals surface area (Å²) in [6.45, 7) is -0.181. The number of anilines is 1. The van der Waals surface area contributed by atoms with E-state index in [-0.39, 0.29) is 12.4 Å². The number of aromatic nitrogens is 2. The molecule has 8 heteroatoms. The molecule has 0 aliphatic carbocycles. The molecule has 2 rings (SSSR count). The highest BCUT2D eigenvalue weighted by molar-refractivity contribution is 8.00. The van der Waals surface area contributed by atoms with Crippen LogP contribution in [0.25, 0.3) is 0 Å². The quantitative estimate of drug-likeness (QED) is 0.688. The van der Waals surface area contributed by atoms with E-state index in [0.717, 1.165) is 10.6 Å². The summed E-state index contributed by atoms with van der Waals surface area (Å²) in [7, 11) is 0. The van der Waals surface area contributed by atoms with E-state index in [0.29, 0.717) is 5.75 Å². The van der Waals surface area contributed by atoms with E-state index in [1.54, 1.807) is 0 Å². The minimum Gasteiger partial charge on any atom is -0.393 e. The van der Waals surface area contributed by atoms with Crippen LogP contribution in [-0.2, 0) is 4.74 Å². The number of thioether (sulfide) groups is 1. The maximum atomic E-state index is 13.5. The Balaban J connectivity index is 2.31. The van der Waals surface area contributed by atoms with Crippen LogP contribution >= 0.6 is 11.8 Å². The van der Waals surface area contributed by atoms with Gasteiger partial charge in [-0.25, -0.2) is 9.36 Å². The van der Waals surface area contributed by atoms with Crippen molar-refractivity contribution in [1.29, 1.82) is 0 Å². The molecule has 1 aliphatic rings. The van der Waals surface area contributed by atoms with Crippen LogP contribution in [0.15, 0.2) is 10.9 Å². The van der Waals surface area contributed by atoms with Crippen molar-refractivity contribution in [3.05, 3.63) is 22.5 Å². The molecule has 0 aromatic carbocycles. The molecule has 16 heavy (non-hydrogen) atoms. The van der Waals surface area contributed by atoms with Gasteiger partial charge in [-0.3, -0.25) is 0 Å². The molecule has 6 nitrogen and oxygen atoms in total. The van der Waals surface area contributed by atoms with Crippen molar-refractivity contribution in [2.75, 3.05) is 18.1 Å². The number of nitrogen functional groups attached to an aromatic ring is 1. The van der Waals surface area contributed by atoms with E-state index < -0.39 is 23.3 Å². The van der Waals surface area contributed by atoms with Gasteiger partial charge in [0.25, 0.3) is 0 Å². The van der Waals surface area contributed by atoms with Gasteiger partial charge in [0, 0.05) is 11.8 Å². The molecule has 0 unspecified atom stereocenters. The van der Waals surface area contributed by atoms with Gasteiger partial charge in [-0.2, -0.15) is 9.37 Å². The lowest BCUT2D eigenvalue weighted by molar-refractivity contribution is -0.0122. The van der Waals surface area contributed by atoms with Crippen molar-refractivity contribution in [3.63, 3.8) is 0 Å². The zero-order chi connectivity index (χ0) is 11.7. The molecule has 3 N–H and O–H groups in total. The predicted molar refractivity (Wildman–Crippen MR) is 56.3 cm³/mol. The first kappa shape index (κ1) is 11.4. The summed E-state index contributed by atoms with van der Waals surface area (Å²) in [4.78, 5) is 14.8. The third-order valence-corrected chi connectivity index (χ3v) is 3.21. The number of nitrogens with two attached hydrogens (primary N) is 1. The second kappa shape index (κ2) is 4.40. The molecule has 0 bridgehead atoms. The van der Waals surface area contributed by atoms with Crippen LogP contribution in [-0.4, -0.2) is 32.5 Å². The second-order valence-corrected chi connectivity index (χ2v) is 4.38. The van der Waals surface area contributed by atoms with Gasteiger partial charge in [0.15, 0.2) is 6.23 Å². The molecule has 0 saturated carbocycles. The first-order chi connectivity index (χ1) is 7.61. The Hall–Kier alpha value is -1.12. The van der Waals surface area contributed by atoms with Crippen molar-refractivity contribution < 1.29 is 14.2 Å². The van der Waals surface area contributed by atoms with Crippen molar-refractivity contribution in [3.8, 4) is 0 Å². The Morgan fingerprint density at radius 2 is 2.56 bits per heavy atom. The van der Waals surface area contributed by atoms with Crippen molar-refractivity contribution in [1.82, 2.24) is 9.55 Å². The number of halogens is 1. The molecule has 0 spiro atoms. The fourth-order valence-electron chi connectivity index (χ4n) is 1.41. The van der Waals surface area contributed by atoms with Gasteiger partial charge in [0.2, 0.25) is 5.95 Å². The smallest absolute Gasteiger partial charge is 0.353 e. The average molecular weight is 247 g/mol. The normalized spacial score (nSPS) is 24.9. The van der Waals surface area contributed by atoms with Crippen molar-refractivity contribution in [2.45, 2.75) is 11.7 Å². The Morgan fingerprint density at radius 3 is 3.12 bits per heavy atom. The summed E-state index contributed by atoms with van der Waals surface area (Å²) < 4.78 is 19.5. The van der Waals surface area contributed by atoms with E-state index in [2.05, 4.69) is 4.98 Å². The van der Waals surface area contributed by atoms with Gasteiger partial charge >= 0.3 is 5.69 Å². The number of hydrogen-bond acceptors (Lipinski definition) is 6. The fraction of sp³-hybridized carbons (Fsp3) is 0.500. The number of hydrogen-bond donors (Lipinski definition) is 2. The number of nitrogens with zero attached hydrogens (tertiary/aromatic N) is 2. The molecule has 2 atom stereocenters. The van der Waals surface area contributed by atoms with E-state index in [4.69, 9.17) is 15.6 Å². The second-order valence-electron chi connectivity index (χ2n) is 3.19. The fourth-order valence-corrected chi connectivity index (χ4v) is 2.33. The van der Waals surface area contributed by atoms with Crippen LogP contribution in [0.1, 0.15) is 6.23 Å². The van der Waals surface area contributed by atoms with E-state index in [9.17, 15) is 9.18 Å².